The number of anilines is 1. The zero-order valence-corrected chi connectivity index (χ0v) is 21.1. The Hall–Kier alpha value is -4.21. The van der Waals surface area contributed by atoms with E-state index in [9.17, 15) is 13.2 Å². The van der Waals surface area contributed by atoms with Crippen molar-refractivity contribution in [3.63, 3.8) is 0 Å². The summed E-state index contributed by atoms with van der Waals surface area (Å²) in [5, 5.41) is 4.60. The number of amides is 1. The minimum atomic E-state index is -4.00. The van der Waals surface area contributed by atoms with Crippen molar-refractivity contribution in [2.45, 2.75) is 11.5 Å². The molecule has 0 spiro atoms. The van der Waals surface area contributed by atoms with Crippen LogP contribution in [0.4, 0.5) is 5.69 Å². The van der Waals surface area contributed by atoms with Crippen LogP contribution in [0.3, 0.4) is 0 Å². The van der Waals surface area contributed by atoms with Gasteiger partial charge in [-0.05, 0) is 60.2 Å². The highest BCUT2D eigenvalue weighted by Crippen LogP contribution is 2.22. The standard InChI is InChI=1S/C27H23ClN4O4S/c28-26-11-5-4-7-22(26)20-36-24-14-12-21(13-15-24)17-30-31-27(33)19-32(23-8-6-16-29-18-23)37(34,35)25-9-2-1-3-10-25/h1-18H,19-20H2,(H,31,33)/b30-17-. The summed E-state index contributed by atoms with van der Waals surface area (Å²) >= 11 is 6.15. The Labute approximate surface area is 220 Å². The van der Waals surface area contributed by atoms with E-state index in [2.05, 4.69) is 15.5 Å². The molecule has 1 aromatic heterocycles. The molecular formula is C27H23ClN4O4S. The summed E-state index contributed by atoms with van der Waals surface area (Å²) in [5.74, 6) is 0.0404. The van der Waals surface area contributed by atoms with Crippen LogP contribution in [-0.4, -0.2) is 32.1 Å². The Balaban J connectivity index is 1.38. The average molecular weight is 535 g/mol. The molecule has 3 aromatic carbocycles. The Morgan fingerprint density at radius 2 is 1.70 bits per heavy atom. The van der Waals surface area contributed by atoms with Crippen molar-refractivity contribution in [2.75, 3.05) is 10.8 Å². The van der Waals surface area contributed by atoms with Crippen molar-refractivity contribution in [3.05, 3.63) is 120 Å². The van der Waals surface area contributed by atoms with Gasteiger partial charge in [0.15, 0.2) is 0 Å². The van der Waals surface area contributed by atoms with Crippen LogP contribution in [0, 0.1) is 0 Å². The molecule has 0 atom stereocenters. The molecule has 0 saturated heterocycles. The van der Waals surface area contributed by atoms with Crippen molar-refractivity contribution in [1.82, 2.24) is 10.4 Å². The highest BCUT2D eigenvalue weighted by molar-refractivity contribution is 7.92. The van der Waals surface area contributed by atoms with Gasteiger partial charge in [-0.2, -0.15) is 5.10 Å². The van der Waals surface area contributed by atoms with Gasteiger partial charge < -0.3 is 4.74 Å². The number of hydrazone groups is 1. The van der Waals surface area contributed by atoms with Gasteiger partial charge in [-0.25, -0.2) is 13.8 Å². The number of carbonyl (C=O) groups excluding carboxylic acids is 1. The van der Waals surface area contributed by atoms with E-state index in [-0.39, 0.29) is 10.6 Å². The highest BCUT2D eigenvalue weighted by Gasteiger charge is 2.27. The molecule has 1 heterocycles. The fraction of sp³-hybridized carbons (Fsp3) is 0.0741. The first kappa shape index (κ1) is 25.9. The van der Waals surface area contributed by atoms with Crippen molar-refractivity contribution < 1.29 is 17.9 Å². The van der Waals surface area contributed by atoms with E-state index < -0.39 is 22.5 Å². The average Bonchev–Trinajstić information content (AvgIpc) is 2.93. The van der Waals surface area contributed by atoms with Crippen LogP contribution >= 0.6 is 11.6 Å². The number of ether oxygens (including phenoxy) is 1. The van der Waals surface area contributed by atoms with E-state index in [1.54, 1.807) is 60.7 Å². The minimum absolute atomic E-state index is 0.0620. The number of halogens is 1. The van der Waals surface area contributed by atoms with Crippen LogP contribution in [0.1, 0.15) is 11.1 Å². The fourth-order valence-corrected chi connectivity index (χ4v) is 4.93. The molecule has 1 amide bonds. The second kappa shape index (κ2) is 12.2. The van der Waals surface area contributed by atoms with Gasteiger partial charge in [0.05, 0.1) is 23.0 Å². The monoisotopic (exact) mass is 534 g/mol. The van der Waals surface area contributed by atoms with Crippen LogP contribution < -0.4 is 14.5 Å². The lowest BCUT2D eigenvalue weighted by molar-refractivity contribution is -0.119. The topological polar surface area (TPSA) is 101 Å². The molecule has 10 heteroatoms. The zero-order valence-electron chi connectivity index (χ0n) is 19.6. The summed E-state index contributed by atoms with van der Waals surface area (Å²) in [7, 11) is -4.00. The summed E-state index contributed by atoms with van der Waals surface area (Å²) in [6, 6.07) is 25.6. The van der Waals surface area contributed by atoms with Crippen molar-refractivity contribution >= 4 is 39.4 Å². The first-order valence-electron chi connectivity index (χ1n) is 11.2. The van der Waals surface area contributed by atoms with Crippen molar-refractivity contribution in [3.8, 4) is 5.75 Å². The fourth-order valence-electron chi connectivity index (χ4n) is 3.31. The molecule has 0 aliphatic heterocycles. The molecule has 8 nitrogen and oxygen atoms in total. The molecule has 0 radical (unpaired) electrons. The molecule has 0 bridgehead atoms. The first-order valence-corrected chi connectivity index (χ1v) is 13.0. The van der Waals surface area contributed by atoms with Crippen LogP contribution in [0.2, 0.25) is 5.02 Å². The van der Waals surface area contributed by atoms with Gasteiger partial charge in [0.2, 0.25) is 0 Å². The SMILES string of the molecule is O=C(CN(c1cccnc1)S(=O)(=O)c1ccccc1)N/N=C\c1ccc(OCc2ccccc2Cl)cc1. The molecule has 0 saturated carbocycles. The van der Waals surface area contributed by atoms with Crippen molar-refractivity contribution in [1.29, 1.82) is 0 Å². The summed E-state index contributed by atoms with van der Waals surface area (Å²) < 4.78 is 33.2. The predicted octanol–water partition coefficient (Wildman–Crippen LogP) is 4.66. The molecule has 4 aromatic rings. The third-order valence-corrected chi connectivity index (χ3v) is 7.34. The Morgan fingerprint density at radius 3 is 2.41 bits per heavy atom. The van der Waals surface area contributed by atoms with Gasteiger partial charge >= 0.3 is 0 Å². The third kappa shape index (κ3) is 6.93. The quantitative estimate of drug-likeness (QED) is 0.235. The lowest BCUT2D eigenvalue weighted by atomic mass is 10.2. The number of rotatable bonds is 10. The van der Waals surface area contributed by atoms with E-state index in [1.807, 2.05) is 18.2 Å². The van der Waals surface area contributed by atoms with Gasteiger partial charge in [-0.3, -0.25) is 14.1 Å². The summed E-state index contributed by atoms with van der Waals surface area (Å²) in [6.07, 6.45) is 4.36. The van der Waals surface area contributed by atoms with E-state index in [1.165, 1.54) is 30.7 Å². The maximum Gasteiger partial charge on any atom is 0.264 e. The largest absolute Gasteiger partial charge is 0.489 e. The van der Waals surface area contributed by atoms with Crippen molar-refractivity contribution in [2.24, 2.45) is 5.10 Å². The second-order valence-corrected chi connectivity index (χ2v) is 10.0. The molecule has 37 heavy (non-hydrogen) atoms. The number of aromatic nitrogens is 1. The number of hydrogen-bond donors (Lipinski definition) is 1. The number of carbonyl (C=O) groups is 1. The molecule has 0 unspecified atom stereocenters. The number of hydrogen-bond acceptors (Lipinski definition) is 6. The summed E-state index contributed by atoms with van der Waals surface area (Å²) in [6.45, 7) is -0.141. The van der Waals surface area contributed by atoms with Crippen LogP contribution in [0.5, 0.6) is 5.75 Å². The maximum atomic E-state index is 13.2. The summed E-state index contributed by atoms with van der Waals surface area (Å²) in [4.78, 5) is 16.7. The maximum absolute atomic E-state index is 13.2. The number of sulfonamides is 1. The minimum Gasteiger partial charge on any atom is -0.489 e. The summed E-state index contributed by atoms with van der Waals surface area (Å²) in [5.41, 5.74) is 4.24. The highest BCUT2D eigenvalue weighted by atomic mass is 35.5. The number of nitrogens with zero attached hydrogens (tertiary/aromatic N) is 3. The molecule has 1 N–H and O–H groups in total. The van der Waals surface area contributed by atoms with E-state index in [4.69, 9.17) is 16.3 Å². The van der Waals surface area contributed by atoms with E-state index in [0.29, 0.717) is 22.9 Å². The van der Waals surface area contributed by atoms with Gasteiger partial charge in [0.1, 0.15) is 18.9 Å². The Morgan fingerprint density at radius 1 is 0.973 bits per heavy atom. The molecule has 0 aliphatic rings. The molecule has 4 rings (SSSR count). The molecule has 0 aliphatic carbocycles. The third-order valence-electron chi connectivity index (χ3n) is 5.19. The Kier molecular flexibility index (Phi) is 8.50. The lowest BCUT2D eigenvalue weighted by Gasteiger charge is -2.23. The van der Waals surface area contributed by atoms with Crippen LogP contribution in [0.15, 0.2) is 113 Å². The smallest absolute Gasteiger partial charge is 0.264 e. The van der Waals surface area contributed by atoms with E-state index in [0.717, 1.165) is 9.87 Å². The predicted molar refractivity (Wildman–Crippen MR) is 143 cm³/mol. The van der Waals surface area contributed by atoms with Gasteiger partial charge in [-0.1, -0.05) is 48.0 Å². The number of pyridine rings is 1. The van der Waals surface area contributed by atoms with Gasteiger partial charge in [-0.15, -0.1) is 0 Å². The second-order valence-electron chi connectivity index (χ2n) is 7.78. The van der Waals surface area contributed by atoms with Gasteiger partial charge in [0.25, 0.3) is 15.9 Å². The normalized spacial score (nSPS) is 11.3. The number of benzene rings is 3. The lowest BCUT2D eigenvalue weighted by Crippen LogP contribution is -2.39. The van der Waals surface area contributed by atoms with E-state index >= 15 is 0 Å². The Bertz CT molecular complexity index is 1470. The van der Waals surface area contributed by atoms with Gasteiger partial charge in [0, 0.05) is 16.8 Å². The first-order chi connectivity index (χ1) is 17.9. The molecular weight excluding hydrogens is 512 g/mol. The van der Waals surface area contributed by atoms with Crippen LogP contribution in [-0.2, 0) is 21.4 Å². The molecule has 188 valence electrons. The molecule has 0 fully saturated rings. The zero-order chi connectivity index (χ0) is 26.1. The van der Waals surface area contributed by atoms with Crippen LogP contribution in [0.25, 0.3) is 0 Å². The number of nitrogens with one attached hydrogen (secondary N) is 1.